The van der Waals surface area contributed by atoms with Crippen molar-refractivity contribution in [2.45, 2.75) is 0 Å². The summed E-state index contributed by atoms with van der Waals surface area (Å²) in [6.45, 7) is 0. The molecule has 0 heterocycles. The Morgan fingerprint density at radius 3 is 2.19 bits per heavy atom. The Morgan fingerprint density at radius 2 is 1.62 bits per heavy atom. The van der Waals surface area contributed by atoms with Crippen molar-refractivity contribution in [3.05, 3.63) is 47.0 Å². The van der Waals surface area contributed by atoms with Gasteiger partial charge in [-0.1, -0.05) is 23.8 Å². The van der Waals surface area contributed by atoms with Crippen molar-refractivity contribution in [1.82, 2.24) is 0 Å². The average molecular weight is 323 g/mol. The molecule has 110 valence electrons. The highest BCUT2D eigenvalue weighted by atomic mass is 35.5. The molecule has 2 aromatic carbocycles. The van der Waals surface area contributed by atoms with Gasteiger partial charge in [-0.2, -0.15) is 0 Å². The van der Waals surface area contributed by atoms with Gasteiger partial charge < -0.3 is 20.5 Å². The number of nitrogens with two attached hydrogens (primary N) is 1. The van der Waals surface area contributed by atoms with Crippen molar-refractivity contribution < 1.29 is 9.47 Å². The molecule has 0 saturated carbocycles. The monoisotopic (exact) mass is 322 g/mol. The molecule has 6 heteroatoms. The topological polar surface area (TPSA) is 56.5 Å². The molecule has 2 rings (SSSR count). The maximum atomic E-state index is 6.20. The van der Waals surface area contributed by atoms with Crippen LogP contribution in [0.1, 0.15) is 5.56 Å². The fourth-order valence-corrected chi connectivity index (χ4v) is 2.18. The van der Waals surface area contributed by atoms with Gasteiger partial charge in [0.1, 0.15) is 16.5 Å². The maximum absolute atomic E-state index is 6.20. The summed E-state index contributed by atoms with van der Waals surface area (Å²) in [5.74, 6) is 1.39. The van der Waals surface area contributed by atoms with Crippen molar-refractivity contribution in [3.63, 3.8) is 0 Å². The molecule has 0 aliphatic carbocycles. The zero-order valence-electron chi connectivity index (χ0n) is 11.6. The highest BCUT2D eigenvalue weighted by Gasteiger charge is 2.10. The summed E-state index contributed by atoms with van der Waals surface area (Å²) in [4.78, 5) is 0.291. The lowest BCUT2D eigenvalue weighted by molar-refractivity contribution is 0.415. The van der Waals surface area contributed by atoms with Gasteiger partial charge in [0, 0.05) is 17.7 Å². The van der Waals surface area contributed by atoms with E-state index >= 15 is 0 Å². The van der Waals surface area contributed by atoms with Crippen LogP contribution in [0.2, 0.25) is 5.02 Å². The zero-order chi connectivity index (χ0) is 15.4. The van der Waals surface area contributed by atoms with E-state index in [1.54, 1.807) is 44.6 Å². The van der Waals surface area contributed by atoms with Crippen LogP contribution < -0.4 is 20.5 Å². The van der Waals surface area contributed by atoms with Crippen molar-refractivity contribution in [2.24, 2.45) is 5.73 Å². The Balaban J connectivity index is 2.44. The van der Waals surface area contributed by atoms with Gasteiger partial charge in [0.25, 0.3) is 0 Å². The number of ether oxygens (including phenoxy) is 2. The molecule has 3 N–H and O–H groups in total. The molecule has 2 aromatic rings. The Morgan fingerprint density at radius 1 is 1.05 bits per heavy atom. The number of benzene rings is 2. The summed E-state index contributed by atoms with van der Waals surface area (Å²) < 4.78 is 10.4. The third-order valence-electron chi connectivity index (χ3n) is 2.94. The Labute approximate surface area is 133 Å². The van der Waals surface area contributed by atoms with Gasteiger partial charge in [-0.15, -0.1) is 0 Å². The van der Waals surface area contributed by atoms with E-state index in [1.807, 2.05) is 6.07 Å². The van der Waals surface area contributed by atoms with E-state index in [9.17, 15) is 0 Å². The van der Waals surface area contributed by atoms with E-state index < -0.39 is 0 Å². The number of hydrogen-bond acceptors (Lipinski definition) is 4. The third-order valence-corrected chi connectivity index (χ3v) is 3.48. The van der Waals surface area contributed by atoms with Gasteiger partial charge >= 0.3 is 0 Å². The average Bonchev–Trinajstić information content (AvgIpc) is 2.49. The van der Waals surface area contributed by atoms with Gasteiger partial charge in [-0.25, -0.2) is 0 Å². The number of thiocarbonyl (C=S) groups is 1. The largest absolute Gasteiger partial charge is 0.497 e. The van der Waals surface area contributed by atoms with Crippen LogP contribution in [0.3, 0.4) is 0 Å². The molecule has 0 spiro atoms. The van der Waals surface area contributed by atoms with Gasteiger partial charge in [-0.05, 0) is 24.3 Å². The Bertz CT molecular complexity index is 677. The molecule has 0 aliphatic heterocycles. The van der Waals surface area contributed by atoms with Gasteiger partial charge in [0.15, 0.2) is 0 Å². The molecule has 0 aliphatic rings. The minimum atomic E-state index is 0.291. The SMILES string of the molecule is COc1ccc(Cl)c(Nc2cc(OC)ccc2C(N)=S)c1. The molecule has 21 heavy (non-hydrogen) atoms. The number of nitrogens with one attached hydrogen (secondary N) is 1. The minimum Gasteiger partial charge on any atom is -0.497 e. The first-order chi connectivity index (χ1) is 10.0. The second-order valence-electron chi connectivity index (χ2n) is 4.25. The second-order valence-corrected chi connectivity index (χ2v) is 5.09. The van der Waals surface area contributed by atoms with E-state index in [0.29, 0.717) is 32.8 Å². The smallest absolute Gasteiger partial charge is 0.121 e. The molecule has 0 unspecified atom stereocenters. The van der Waals surface area contributed by atoms with Crippen LogP contribution in [-0.2, 0) is 0 Å². The van der Waals surface area contributed by atoms with Crippen LogP contribution in [0.25, 0.3) is 0 Å². The number of hydrogen-bond donors (Lipinski definition) is 2. The predicted molar refractivity (Wildman–Crippen MR) is 90.2 cm³/mol. The summed E-state index contributed by atoms with van der Waals surface area (Å²) in [5, 5.41) is 3.77. The molecule has 0 saturated heterocycles. The highest BCUT2D eigenvalue weighted by Crippen LogP contribution is 2.32. The number of anilines is 2. The third kappa shape index (κ3) is 3.56. The first kappa shape index (κ1) is 15.4. The van der Waals surface area contributed by atoms with Gasteiger partial charge in [0.2, 0.25) is 0 Å². The normalized spacial score (nSPS) is 10.0. The van der Waals surface area contributed by atoms with E-state index in [0.717, 1.165) is 5.69 Å². The van der Waals surface area contributed by atoms with E-state index in [2.05, 4.69) is 5.32 Å². The summed E-state index contributed by atoms with van der Waals surface area (Å²) in [6.07, 6.45) is 0. The molecule has 0 aromatic heterocycles. The van der Waals surface area contributed by atoms with Gasteiger partial charge in [-0.3, -0.25) is 0 Å². The molecule has 0 fully saturated rings. The Kier molecular flexibility index (Phi) is 4.88. The van der Waals surface area contributed by atoms with Crippen LogP contribution in [0, 0.1) is 0 Å². The van der Waals surface area contributed by atoms with Crippen LogP contribution >= 0.6 is 23.8 Å². The number of halogens is 1. The molecule has 0 radical (unpaired) electrons. The molecular formula is C15H15ClN2O2S. The maximum Gasteiger partial charge on any atom is 0.121 e. The minimum absolute atomic E-state index is 0.291. The van der Waals surface area contributed by atoms with Crippen molar-refractivity contribution in [1.29, 1.82) is 0 Å². The summed E-state index contributed by atoms with van der Waals surface area (Å²) >= 11 is 11.3. The van der Waals surface area contributed by atoms with E-state index in [-0.39, 0.29) is 0 Å². The predicted octanol–water partition coefficient (Wildman–Crippen LogP) is 3.74. The van der Waals surface area contributed by atoms with Crippen molar-refractivity contribution >= 4 is 40.2 Å². The summed E-state index contributed by atoms with van der Waals surface area (Å²) in [7, 11) is 3.19. The standard InChI is InChI=1S/C15H15ClN2O2S/c1-19-9-3-5-11(15(17)21)13(7-9)18-14-8-10(20-2)4-6-12(14)16/h3-8,18H,1-2H3,(H2,17,21). The number of methoxy groups -OCH3 is 2. The van der Waals surface area contributed by atoms with Crippen LogP contribution in [0.4, 0.5) is 11.4 Å². The fraction of sp³-hybridized carbons (Fsp3) is 0.133. The highest BCUT2D eigenvalue weighted by molar-refractivity contribution is 7.80. The molecule has 0 bridgehead atoms. The van der Waals surface area contributed by atoms with Crippen LogP contribution in [-0.4, -0.2) is 19.2 Å². The second kappa shape index (κ2) is 6.65. The summed E-state index contributed by atoms with van der Waals surface area (Å²) in [6, 6.07) is 10.7. The molecule has 0 amide bonds. The van der Waals surface area contributed by atoms with Crippen LogP contribution in [0.5, 0.6) is 11.5 Å². The first-order valence-electron chi connectivity index (χ1n) is 6.13. The lowest BCUT2D eigenvalue weighted by Gasteiger charge is -2.14. The Hall–Kier alpha value is -1.98. The first-order valence-corrected chi connectivity index (χ1v) is 6.92. The fourth-order valence-electron chi connectivity index (χ4n) is 1.84. The lowest BCUT2D eigenvalue weighted by Crippen LogP contribution is -2.12. The zero-order valence-corrected chi connectivity index (χ0v) is 13.2. The van der Waals surface area contributed by atoms with E-state index in [1.165, 1.54) is 0 Å². The molecule has 0 atom stereocenters. The van der Waals surface area contributed by atoms with E-state index in [4.69, 9.17) is 39.0 Å². The lowest BCUT2D eigenvalue weighted by atomic mass is 10.1. The van der Waals surface area contributed by atoms with Crippen LogP contribution in [0.15, 0.2) is 36.4 Å². The van der Waals surface area contributed by atoms with Crippen molar-refractivity contribution in [2.75, 3.05) is 19.5 Å². The number of rotatable bonds is 5. The van der Waals surface area contributed by atoms with Gasteiger partial charge in [0.05, 0.1) is 30.6 Å². The molecular weight excluding hydrogens is 308 g/mol. The summed E-state index contributed by atoms with van der Waals surface area (Å²) in [5.41, 5.74) is 7.88. The van der Waals surface area contributed by atoms with Crippen molar-refractivity contribution in [3.8, 4) is 11.5 Å². The quantitative estimate of drug-likeness (QED) is 0.821. The molecule has 4 nitrogen and oxygen atoms in total.